The minimum atomic E-state index is -0.900. The smallest absolute Gasteiger partial charge is 0.309 e. The SMILES string of the molecule is CC(C)CC(O)C(C(=O)O)C(C)C. The molecule has 2 N–H and O–H groups in total. The first-order valence-corrected chi connectivity index (χ1v) is 4.77. The minimum Gasteiger partial charge on any atom is -0.481 e. The molecule has 0 aliphatic carbocycles. The predicted molar refractivity (Wildman–Crippen MR) is 51.4 cm³/mol. The van der Waals surface area contributed by atoms with E-state index in [0.29, 0.717) is 12.3 Å². The first kappa shape index (κ1) is 12.4. The van der Waals surface area contributed by atoms with Gasteiger partial charge in [0.2, 0.25) is 0 Å². The number of carboxylic acids is 1. The van der Waals surface area contributed by atoms with Crippen molar-refractivity contribution < 1.29 is 15.0 Å². The van der Waals surface area contributed by atoms with E-state index < -0.39 is 18.0 Å². The summed E-state index contributed by atoms with van der Waals surface area (Å²) in [5.74, 6) is -1.23. The molecule has 3 nitrogen and oxygen atoms in total. The zero-order valence-electron chi connectivity index (χ0n) is 8.82. The molecule has 3 heteroatoms. The standard InChI is InChI=1S/C10H20O3/c1-6(2)5-8(11)9(7(3)4)10(12)13/h6-9,11H,5H2,1-4H3,(H,12,13). The van der Waals surface area contributed by atoms with Crippen LogP contribution in [0.2, 0.25) is 0 Å². The molecule has 2 unspecified atom stereocenters. The van der Waals surface area contributed by atoms with E-state index in [4.69, 9.17) is 5.11 Å². The molecule has 0 heterocycles. The number of aliphatic hydroxyl groups excluding tert-OH is 1. The van der Waals surface area contributed by atoms with Crippen LogP contribution in [0.1, 0.15) is 34.1 Å². The second-order valence-electron chi connectivity index (χ2n) is 4.30. The molecule has 0 aliphatic heterocycles. The Morgan fingerprint density at radius 2 is 1.69 bits per heavy atom. The normalized spacial score (nSPS) is 16.2. The van der Waals surface area contributed by atoms with E-state index in [2.05, 4.69) is 0 Å². The van der Waals surface area contributed by atoms with Crippen molar-refractivity contribution in [1.29, 1.82) is 0 Å². The molecule has 0 rings (SSSR count). The number of rotatable bonds is 5. The van der Waals surface area contributed by atoms with Crippen LogP contribution < -0.4 is 0 Å². The van der Waals surface area contributed by atoms with E-state index in [-0.39, 0.29) is 5.92 Å². The first-order chi connectivity index (χ1) is 5.86. The van der Waals surface area contributed by atoms with Crippen molar-refractivity contribution in [3.05, 3.63) is 0 Å². The summed E-state index contributed by atoms with van der Waals surface area (Å²) in [4.78, 5) is 10.8. The minimum absolute atomic E-state index is 0.0220. The van der Waals surface area contributed by atoms with Crippen molar-refractivity contribution >= 4 is 5.97 Å². The molecular formula is C10H20O3. The van der Waals surface area contributed by atoms with Crippen LogP contribution in [0.15, 0.2) is 0 Å². The van der Waals surface area contributed by atoms with Gasteiger partial charge in [-0.2, -0.15) is 0 Å². The number of carboxylic acid groups (broad SMARTS) is 1. The van der Waals surface area contributed by atoms with Gasteiger partial charge in [0, 0.05) is 0 Å². The Hall–Kier alpha value is -0.570. The van der Waals surface area contributed by atoms with Gasteiger partial charge >= 0.3 is 5.97 Å². The summed E-state index contributed by atoms with van der Waals surface area (Å²) < 4.78 is 0. The molecule has 13 heavy (non-hydrogen) atoms. The quantitative estimate of drug-likeness (QED) is 0.691. The Balaban J connectivity index is 4.28. The van der Waals surface area contributed by atoms with Gasteiger partial charge < -0.3 is 10.2 Å². The molecule has 0 amide bonds. The molecule has 0 radical (unpaired) electrons. The molecule has 0 aliphatic rings. The van der Waals surface area contributed by atoms with Gasteiger partial charge in [-0.05, 0) is 18.3 Å². The van der Waals surface area contributed by atoms with Crippen molar-refractivity contribution in [1.82, 2.24) is 0 Å². The fourth-order valence-corrected chi connectivity index (χ4v) is 1.52. The number of hydrogen-bond donors (Lipinski definition) is 2. The fourth-order valence-electron chi connectivity index (χ4n) is 1.52. The zero-order valence-corrected chi connectivity index (χ0v) is 8.82. The van der Waals surface area contributed by atoms with E-state index in [1.165, 1.54) is 0 Å². The Morgan fingerprint density at radius 1 is 1.23 bits per heavy atom. The monoisotopic (exact) mass is 188 g/mol. The van der Waals surface area contributed by atoms with Crippen LogP contribution in [-0.2, 0) is 4.79 Å². The Labute approximate surface area is 79.8 Å². The first-order valence-electron chi connectivity index (χ1n) is 4.77. The number of aliphatic carboxylic acids is 1. The van der Waals surface area contributed by atoms with E-state index in [0.717, 1.165) is 0 Å². The molecule has 0 saturated heterocycles. The van der Waals surface area contributed by atoms with Crippen LogP contribution in [-0.4, -0.2) is 22.3 Å². The lowest BCUT2D eigenvalue weighted by atomic mass is 9.86. The van der Waals surface area contributed by atoms with Crippen LogP contribution in [0.3, 0.4) is 0 Å². The molecule has 0 aromatic heterocycles. The van der Waals surface area contributed by atoms with Gasteiger partial charge in [-0.15, -0.1) is 0 Å². The van der Waals surface area contributed by atoms with Gasteiger partial charge in [-0.3, -0.25) is 4.79 Å². The maximum atomic E-state index is 10.8. The van der Waals surface area contributed by atoms with Gasteiger partial charge in [0.05, 0.1) is 12.0 Å². The lowest BCUT2D eigenvalue weighted by Crippen LogP contribution is -2.33. The average molecular weight is 188 g/mol. The Kier molecular flexibility index (Phi) is 4.99. The van der Waals surface area contributed by atoms with Crippen LogP contribution in [0, 0.1) is 17.8 Å². The van der Waals surface area contributed by atoms with E-state index in [1.807, 2.05) is 27.7 Å². The van der Waals surface area contributed by atoms with Gasteiger partial charge in [0.1, 0.15) is 0 Å². The molecule has 0 aromatic carbocycles. The highest BCUT2D eigenvalue weighted by atomic mass is 16.4. The molecule has 0 spiro atoms. The number of hydrogen-bond acceptors (Lipinski definition) is 2. The third kappa shape index (κ3) is 4.27. The van der Waals surface area contributed by atoms with Crippen molar-refractivity contribution in [3.8, 4) is 0 Å². The van der Waals surface area contributed by atoms with Crippen LogP contribution in [0.4, 0.5) is 0 Å². The lowest BCUT2D eigenvalue weighted by molar-refractivity contribution is -0.148. The van der Waals surface area contributed by atoms with Crippen molar-refractivity contribution in [3.63, 3.8) is 0 Å². The van der Waals surface area contributed by atoms with Crippen LogP contribution in [0.25, 0.3) is 0 Å². The third-order valence-corrected chi connectivity index (χ3v) is 2.13. The largest absolute Gasteiger partial charge is 0.481 e. The average Bonchev–Trinajstić information content (AvgIpc) is 1.81. The highest BCUT2D eigenvalue weighted by molar-refractivity contribution is 5.70. The van der Waals surface area contributed by atoms with Gasteiger partial charge in [0.15, 0.2) is 0 Å². The Morgan fingerprint density at radius 3 is 1.92 bits per heavy atom. The van der Waals surface area contributed by atoms with Gasteiger partial charge in [-0.1, -0.05) is 27.7 Å². The van der Waals surface area contributed by atoms with Crippen molar-refractivity contribution in [2.75, 3.05) is 0 Å². The summed E-state index contributed by atoms with van der Waals surface area (Å²) in [6.45, 7) is 7.59. The summed E-state index contributed by atoms with van der Waals surface area (Å²) >= 11 is 0. The lowest BCUT2D eigenvalue weighted by Gasteiger charge is -2.23. The van der Waals surface area contributed by atoms with E-state index >= 15 is 0 Å². The number of carbonyl (C=O) groups is 1. The maximum Gasteiger partial charge on any atom is 0.309 e. The van der Waals surface area contributed by atoms with Crippen LogP contribution in [0.5, 0.6) is 0 Å². The molecule has 78 valence electrons. The highest BCUT2D eigenvalue weighted by Gasteiger charge is 2.29. The van der Waals surface area contributed by atoms with E-state index in [9.17, 15) is 9.90 Å². The molecule has 0 fully saturated rings. The fraction of sp³-hybridized carbons (Fsp3) is 0.900. The second-order valence-corrected chi connectivity index (χ2v) is 4.30. The third-order valence-electron chi connectivity index (χ3n) is 2.13. The Bertz CT molecular complexity index is 164. The van der Waals surface area contributed by atoms with Crippen LogP contribution >= 0.6 is 0 Å². The topological polar surface area (TPSA) is 57.5 Å². The number of aliphatic hydroxyl groups is 1. The summed E-state index contributed by atoms with van der Waals surface area (Å²) in [6.07, 6.45) is -0.174. The molecule has 0 saturated carbocycles. The summed E-state index contributed by atoms with van der Waals surface area (Å²) in [6, 6.07) is 0. The highest BCUT2D eigenvalue weighted by Crippen LogP contribution is 2.20. The summed E-state index contributed by atoms with van der Waals surface area (Å²) in [5.41, 5.74) is 0. The molecular weight excluding hydrogens is 168 g/mol. The molecule has 0 aromatic rings. The summed E-state index contributed by atoms with van der Waals surface area (Å²) in [7, 11) is 0. The van der Waals surface area contributed by atoms with Crippen molar-refractivity contribution in [2.24, 2.45) is 17.8 Å². The van der Waals surface area contributed by atoms with Crippen molar-refractivity contribution in [2.45, 2.75) is 40.2 Å². The predicted octanol–water partition coefficient (Wildman–Crippen LogP) is 1.75. The summed E-state index contributed by atoms with van der Waals surface area (Å²) in [5, 5.41) is 18.5. The molecule has 0 bridgehead atoms. The van der Waals surface area contributed by atoms with Gasteiger partial charge in [-0.25, -0.2) is 0 Å². The second kappa shape index (κ2) is 5.22. The molecule has 2 atom stereocenters. The van der Waals surface area contributed by atoms with E-state index in [1.54, 1.807) is 0 Å². The zero-order chi connectivity index (χ0) is 10.6. The van der Waals surface area contributed by atoms with Gasteiger partial charge in [0.25, 0.3) is 0 Å². The maximum absolute atomic E-state index is 10.8.